The lowest BCUT2D eigenvalue weighted by atomic mass is 10.1. The van der Waals surface area contributed by atoms with E-state index in [2.05, 4.69) is 22.9 Å². The van der Waals surface area contributed by atoms with Crippen LogP contribution in [0.1, 0.15) is 31.7 Å². The van der Waals surface area contributed by atoms with Gasteiger partial charge in [0.25, 0.3) is 0 Å². The van der Waals surface area contributed by atoms with Crippen LogP contribution in [0.15, 0.2) is 18.2 Å². The summed E-state index contributed by atoms with van der Waals surface area (Å²) in [5.74, 6) is -0.196. The van der Waals surface area contributed by atoms with Crippen molar-refractivity contribution in [3.05, 3.63) is 34.6 Å². The smallest absolute Gasteiger partial charge is 0.127 e. The summed E-state index contributed by atoms with van der Waals surface area (Å²) >= 11 is 9.27. The summed E-state index contributed by atoms with van der Waals surface area (Å²) in [4.78, 5) is 0.484. The van der Waals surface area contributed by atoms with Gasteiger partial charge in [0, 0.05) is 9.85 Å². The molecule has 0 saturated carbocycles. The number of hydrogen-bond donors (Lipinski definition) is 0. The first kappa shape index (κ1) is 13.0. The number of halogens is 3. The SMILES string of the molecule is CCCC(Br)CCc1ccc(Cl)cc1F. The molecule has 0 amide bonds. The lowest BCUT2D eigenvalue weighted by Crippen LogP contribution is -2.00. The van der Waals surface area contributed by atoms with Gasteiger partial charge >= 0.3 is 0 Å². The molecule has 0 aromatic heterocycles. The Labute approximate surface area is 104 Å². The Morgan fingerprint density at radius 1 is 1.40 bits per heavy atom. The molecule has 0 nitrogen and oxygen atoms in total. The average molecular weight is 294 g/mol. The fourth-order valence-electron chi connectivity index (χ4n) is 1.49. The van der Waals surface area contributed by atoms with Gasteiger partial charge in [0.15, 0.2) is 0 Å². The van der Waals surface area contributed by atoms with E-state index in [0.717, 1.165) is 31.2 Å². The molecule has 0 heterocycles. The van der Waals surface area contributed by atoms with Crippen LogP contribution in [0.2, 0.25) is 5.02 Å². The van der Waals surface area contributed by atoms with Crippen LogP contribution in [-0.4, -0.2) is 4.83 Å². The normalized spacial score (nSPS) is 12.8. The second-order valence-electron chi connectivity index (χ2n) is 3.66. The number of rotatable bonds is 5. The minimum atomic E-state index is -0.196. The fourth-order valence-corrected chi connectivity index (χ4v) is 2.34. The molecule has 3 heteroatoms. The van der Waals surface area contributed by atoms with Crippen LogP contribution in [0.4, 0.5) is 4.39 Å². The highest BCUT2D eigenvalue weighted by Crippen LogP contribution is 2.19. The molecule has 1 unspecified atom stereocenters. The molecule has 0 aliphatic carbocycles. The van der Waals surface area contributed by atoms with E-state index in [1.165, 1.54) is 6.07 Å². The molecule has 1 rings (SSSR count). The maximum absolute atomic E-state index is 13.4. The topological polar surface area (TPSA) is 0 Å². The summed E-state index contributed by atoms with van der Waals surface area (Å²) in [6, 6.07) is 4.88. The van der Waals surface area contributed by atoms with Crippen molar-refractivity contribution in [1.29, 1.82) is 0 Å². The standard InChI is InChI=1S/C12H15BrClF/c1-2-3-10(13)6-4-9-5-7-11(14)8-12(9)15/h5,7-8,10H,2-4,6H2,1H3. The Balaban J connectivity index is 2.50. The van der Waals surface area contributed by atoms with Crippen molar-refractivity contribution in [2.45, 2.75) is 37.4 Å². The van der Waals surface area contributed by atoms with Crippen LogP contribution in [-0.2, 0) is 6.42 Å². The molecule has 1 aromatic carbocycles. The molecular weight excluding hydrogens is 278 g/mol. The van der Waals surface area contributed by atoms with Crippen LogP contribution < -0.4 is 0 Å². The van der Waals surface area contributed by atoms with Crippen LogP contribution in [0, 0.1) is 5.82 Å². The molecular formula is C12H15BrClF. The minimum Gasteiger partial charge on any atom is -0.207 e. The monoisotopic (exact) mass is 292 g/mol. The molecule has 0 aliphatic rings. The first-order chi connectivity index (χ1) is 7.13. The fraction of sp³-hybridized carbons (Fsp3) is 0.500. The quantitative estimate of drug-likeness (QED) is 0.672. The first-order valence-electron chi connectivity index (χ1n) is 5.21. The van der Waals surface area contributed by atoms with Crippen LogP contribution in [0.25, 0.3) is 0 Å². The summed E-state index contributed by atoms with van der Waals surface area (Å²) in [5, 5.41) is 0.459. The van der Waals surface area contributed by atoms with Gasteiger partial charge in [-0.1, -0.05) is 46.9 Å². The summed E-state index contributed by atoms with van der Waals surface area (Å²) in [6.07, 6.45) is 4.01. The van der Waals surface area contributed by atoms with Crippen LogP contribution >= 0.6 is 27.5 Å². The average Bonchev–Trinajstić information content (AvgIpc) is 2.17. The van der Waals surface area contributed by atoms with Crippen molar-refractivity contribution in [3.63, 3.8) is 0 Å². The van der Waals surface area contributed by atoms with Gasteiger partial charge in [0.2, 0.25) is 0 Å². The van der Waals surface area contributed by atoms with Crippen molar-refractivity contribution in [3.8, 4) is 0 Å². The highest BCUT2D eigenvalue weighted by atomic mass is 79.9. The Kier molecular flexibility index (Phi) is 5.62. The van der Waals surface area contributed by atoms with E-state index < -0.39 is 0 Å². The van der Waals surface area contributed by atoms with Gasteiger partial charge in [-0.15, -0.1) is 0 Å². The maximum atomic E-state index is 13.4. The van der Waals surface area contributed by atoms with E-state index in [4.69, 9.17) is 11.6 Å². The molecule has 0 fully saturated rings. The summed E-state index contributed by atoms with van der Waals surface area (Å²) < 4.78 is 13.4. The molecule has 0 saturated heterocycles. The number of alkyl halides is 1. The molecule has 84 valence electrons. The summed E-state index contributed by atoms with van der Waals surface area (Å²) in [6.45, 7) is 2.15. The Morgan fingerprint density at radius 2 is 2.13 bits per heavy atom. The number of aryl methyl sites for hydroxylation is 1. The summed E-state index contributed by atoms with van der Waals surface area (Å²) in [7, 11) is 0. The third-order valence-corrected chi connectivity index (χ3v) is 3.49. The van der Waals surface area contributed by atoms with Gasteiger partial charge < -0.3 is 0 Å². The number of benzene rings is 1. The third-order valence-electron chi connectivity index (χ3n) is 2.34. The lowest BCUT2D eigenvalue weighted by molar-refractivity contribution is 0.598. The van der Waals surface area contributed by atoms with E-state index in [1.54, 1.807) is 12.1 Å². The highest BCUT2D eigenvalue weighted by Gasteiger charge is 2.07. The van der Waals surface area contributed by atoms with E-state index in [1.807, 2.05) is 0 Å². The van der Waals surface area contributed by atoms with Gasteiger partial charge in [-0.25, -0.2) is 4.39 Å². The predicted octanol–water partition coefficient (Wildman–Crippen LogP) is 4.98. The van der Waals surface area contributed by atoms with Crippen molar-refractivity contribution >= 4 is 27.5 Å². The maximum Gasteiger partial charge on any atom is 0.127 e. The Morgan fingerprint density at radius 3 is 2.73 bits per heavy atom. The van der Waals surface area contributed by atoms with Crippen molar-refractivity contribution in [2.24, 2.45) is 0 Å². The van der Waals surface area contributed by atoms with Gasteiger partial charge in [-0.05, 0) is 37.0 Å². The Bertz CT molecular complexity index is 314. The van der Waals surface area contributed by atoms with E-state index >= 15 is 0 Å². The number of hydrogen-bond acceptors (Lipinski definition) is 0. The van der Waals surface area contributed by atoms with Crippen LogP contribution in [0.5, 0.6) is 0 Å². The largest absolute Gasteiger partial charge is 0.207 e. The molecule has 1 aromatic rings. The first-order valence-corrected chi connectivity index (χ1v) is 6.51. The van der Waals surface area contributed by atoms with E-state index in [9.17, 15) is 4.39 Å². The molecule has 0 aliphatic heterocycles. The van der Waals surface area contributed by atoms with E-state index in [0.29, 0.717) is 9.85 Å². The van der Waals surface area contributed by atoms with Gasteiger partial charge in [0.1, 0.15) is 5.82 Å². The molecule has 15 heavy (non-hydrogen) atoms. The molecule has 1 atom stereocenters. The zero-order valence-corrected chi connectivity index (χ0v) is 11.1. The third kappa shape index (κ3) is 4.52. The Hall–Kier alpha value is -0.0800. The molecule has 0 bridgehead atoms. The van der Waals surface area contributed by atoms with Crippen molar-refractivity contribution in [1.82, 2.24) is 0 Å². The van der Waals surface area contributed by atoms with Crippen molar-refractivity contribution < 1.29 is 4.39 Å². The highest BCUT2D eigenvalue weighted by molar-refractivity contribution is 9.09. The minimum absolute atomic E-state index is 0.196. The molecule has 0 radical (unpaired) electrons. The van der Waals surface area contributed by atoms with Gasteiger partial charge in [-0.3, -0.25) is 0 Å². The predicted molar refractivity (Wildman–Crippen MR) is 67.4 cm³/mol. The summed E-state index contributed by atoms with van der Waals surface area (Å²) in [5.41, 5.74) is 0.750. The van der Waals surface area contributed by atoms with Crippen LogP contribution in [0.3, 0.4) is 0 Å². The lowest BCUT2D eigenvalue weighted by Gasteiger charge is -2.08. The van der Waals surface area contributed by atoms with E-state index in [-0.39, 0.29) is 5.82 Å². The zero-order valence-electron chi connectivity index (χ0n) is 8.77. The van der Waals surface area contributed by atoms with Gasteiger partial charge in [0.05, 0.1) is 0 Å². The zero-order chi connectivity index (χ0) is 11.3. The molecule has 0 N–H and O–H groups in total. The molecule has 0 spiro atoms. The second kappa shape index (κ2) is 6.49. The van der Waals surface area contributed by atoms with Crippen molar-refractivity contribution in [2.75, 3.05) is 0 Å². The second-order valence-corrected chi connectivity index (χ2v) is 5.39. The van der Waals surface area contributed by atoms with Gasteiger partial charge in [-0.2, -0.15) is 0 Å².